The molecule has 0 bridgehead atoms. The number of carbonyl (C=O) groups is 2. The van der Waals surface area contributed by atoms with E-state index in [1.807, 2.05) is 23.0 Å². The number of hydrogen-bond donors (Lipinski definition) is 6. The van der Waals surface area contributed by atoms with Gasteiger partial charge >= 0.3 is 0 Å². The molecule has 0 fully saturated rings. The van der Waals surface area contributed by atoms with Crippen LogP contribution in [0.15, 0.2) is 36.4 Å². The number of nitrogens with one attached hydrogen (secondary N) is 4. The van der Waals surface area contributed by atoms with Crippen LogP contribution in [0.2, 0.25) is 0 Å². The lowest BCUT2D eigenvalue weighted by atomic mass is 10.1. The maximum absolute atomic E-state index is 10.9. The number of amides is 2. The van der Waals surface area contributed by atoms with E-state index in [0.717, 1.165) is 22.1 Å². The number of hydrogen-bond acceptors (Lipinski definition) is 14. The van der Waals surface area contributed by atoms with Crippen molar-refractivity contribution in [3.63, 3.8) is 0 Å². The highest BCUT2D eigenvalue weighted by molar-refractivity contribution is 6.01. The number of carbonyl (C=O) groups excluding carboxylic acids is 2. The second-order valence-electron chi connectivity index (χ2n) is 9.47. The molecule has 0 aliphatic carbocycles. The summed E-state index contributed by atoms with van der Waals surface area (Å²) >= 11 is 0. The zero-order chi connectivity index (χ0) is 32.9. The molecule has 0 spiro atoms. The first-order valence-corrected chi connectivity index (χ1v) is 15.3. The van der Waals surface area contributed by atoms with Crippen LogP contribution >= 0.6 is 0 Å². The lowest BCUT2D eigenvalue weighted by Crippen LogP contribution is -2.33. The van der Waals surface area contributed by atoms with Crippen molar-refractivity contribution in [1.29, 1.82) is 0 Å². The average molecular weight is 655 g/mol. The van der Waals surface area contributed by atoms with Crippen molar-refractivity contribution in [1.82, 2.24) is 10.9 Å². The number of rotatable bonds is 30. The smallest absolute Gasteiger partial charge is 0.259 e. The third kappa shape index (κ3) is 18.7. The monoisotopic (exact) mass is 654 g/mol. The summed E-state index contributed by atoms with van der Waals surface area (Å²) in [6.45, 7) is 7.29. The summed E-state index contributed by atoms with van der Waals surface area (Å²) in [5, 5.41) is 9.15. The van der Waals surface area contributed by atoms with Gasteiger partial charge in [-0.3, -0.25) is 20.4 Å². The lowest BCUT2D eigenvalue weighted by molar-refractivity contribution is -0.127. The Morgan fingerprint density at radius 2 is 0.761 bits per heavy atom. The Labute approximate surface area is 269 Å². The van der Waals surface area contributed by atoms with Crippen molar-refractivity contribution in [3.05, 3.63) is 36.4 Å². The molecule has 0 atom stereocenters. The minimum atomic E-state index is -0.381. The number of anilines is 2. The Hall–Kier alpha value is -3.16. The van der Waals surface area contributed by atoms with Gasteiger partial charge in [-0.05, 0) is 12.1 Å². The van der Waals surface area contributed by atoms with Gasteiger partial charge in [-0.15, -0.1) is 0 Å². The normalized spacial score (nSPS) is 11.1. The van der Waals surface area contributed by atoms with Gasteiger partial charge < -0.3 is 48.5 Å². The molecule has 0 aliphatic heterocycles. The first kappa shape index (κ1) is 39.0. The third-order valence-corrected chi connectivity index (χ3v) is 6.07. The molecule has 260 valence electrons. The van der Waals surface area contributed by atoms with E-state index >= 15 is 0 Å². The van der Waals surface area contributed by atoms with Gasteiger partial charge in [-0.1, -0.05) is 24.3 Å². The number of benzene rings is 2. The van der Waals surface area contributed by atoms with Crippen LogP contribution in [0, 0.1) is 0 Å². The van der Waals surface area contributed by atoms with Crippen molar-refractivity contribution in [2.45, 2.75) is 0 Å². The highest BCUT2D eigenvalue weighted by Crippen LogP contribution is 2.29. The van der Waals surface area contributed by atoms with Gasteiger partial charge in [0.15, 0.2) is 0 Å². The molecule has 16 heteroatoms. The molecule has 2 amide bonds. The fourth-order valence-corrected chi connectivity index (χ4v) is 3.87. The van der Waals surface area contributed by atoms with Crippen LogP contribution in [0.4, 0.5) is 11.4 Å². The van der Waals surface area contributed by atoms with Crippen molar-refractivity contribution >= 4 is 34.0 Å². The third-order valence-electron chi connectivity index (χ3n) is 6.07. The standard InChI is InChI=1S/C30H50N6O10/c31-35-29(37)23-45-21-19-43-17-15-41-13-11-39-9-7-33-27-5-1-3-25-26(27)4-2-6-28(25)34-8-10-40-12-14-42-16-18-44-20-22-46-24-30(38)36-32/h1-6,33-34H,7-24,31-32H2,(H,35,37)(H,36,38). The first-order chi connectivity index (χ1) is 22.7. The van der Waals surface area contributed by atoms with E-state index in [0.29, 0.717) is 106 Å². The van der Waals surface area contributed by atoms with E-state index in [-0.39, 0.29) is 25.0 Å². The van der Waals surface area contributed by atoms with E-state index in [4.69, 9.17) is 49.6 Å². The number of fused-ring (bicyclic) bond motifs is 1. The van der Waals surface area contributed by atoms with Gasteiger partial charge in [-0.2, -0.15) is 0 Å². The van der Waals surface area contributed by atoms with Crippen LogP contribution < -0.4 is 33.2 Å². The van der Waals surface area contributed by atoms with Crippen molar-refractivity contribution in [2.75, 3.05) is 129 Å². The highest BCUT2D eigenvalue weighted by atomic mass is 16.6. The summed E-state index contributed by atoms with van der Waals surface area (Å²) in [6.07, 6.45) is 0. The van der Waals surface area contributed by atoms with Gasteiger partial charge in [-0.25, -0.2) is 11.7 Å². The second-order valence-corrected chi connectivity index (χ2v) is 9.47. The van der Waals surface area contributed by atoms with Crippen LogP contribution in [0.25, 0.3) is 10.8 Å². The predicted molar refractivity (Wildman–Crippen MR) is 172 cm³/mol. The number of ether oxygens (including phenoxy) is 8. The van der Waals surface area contributed by atoms with Gasteiger partial charge in [0.1, 0.15) is 13.2 Å². The minimum Gasteiger partial charge on any atom is -0.382 e. The summed E-state index contributed by atoms with van der Waals surface area (Å²) < 4.78 is 43.2. The quantitative estimate of drug-likeness (QED) is 0.0279. The zero-order valence-corrected chi connectivity index (χ0v) is 26.4. The molecular weight excluding hydrogens is 604 g/mol. The van der Waals surface area contributed by atoms with E-state index < -0.39 is 0 Å². The molecule has 0 heterocycles. The second kappa shape index (κ2) is 27.0. The largest absolute Gasteiger partial charge is 0.382 e. The van der Waals surface area contributed by atoms with Crippen molar-refractivity contribution in [3.8, 4) is 0 Å². The molecule has 0 saturated heterocycles. The van der Waals surface area contributed by atoms with E-state index in [1.54, 1.807) is 0 Å². The Morgan fingerprint density at radius 1 is 0.457 bits per heavy atom. The Kier molecular flexibility index (Phi) is 22.9. The number of hydrazine groups is 2. The van der Waals surface area contributed by atoms with Crippen LogP contribution in [-0.2, 0) is 47.5 Å². The summed E-state index contributed by atoms with van der Waals surface area (Å²) in [5.41, 5.74) is 6.05. The minimum absolute atomic E-state index is 0.0879. The maximum Gasteiger partial charge on any atom is 0.259 e. The number of nitrogens with two attached hydrogens (primary N) is 2. The molecule has 0 aromatic heterocycles. The highest BCUT2D eigenvalue weighted by Gasteiger charge is 2.05. The molecule has 2 aromatic carbocycles. The fourth-order valence-electron chi connectivity index (χ4n) is 3.87. The molecule has 0 saturated carbocycles. The Morgan fingerprint density at radius 3 is 1.09 bits per heavy atom. The lowest BCUT2D eigenvalue weighted by Gasteiger charge is -2.14. The van der Waals surface area contributed by atoms with Gasteiger partial charge in [0, 0.05) is 35.2 Å². The summed E-state index contributed by atoms with van der Waals surface area (Å²) in [6, 6.07) is 12.3. The molecule has 0 unspecified atom stereocenters. The molecule has 16 nitrogen and oxygen atoms in total. The molecular formula is C30H50N6O10. The van der Waals surface area contributed by atoms with Gasteiger partial charge in [0.2, 0.25) is 0 Å². The molecule has 0 radical (unpaired) electrons. The van der Waals surface area contributed by atoms with Crippen LogP contribution in [-0.4, -0.2) is 131 Å². The Balaban J connectivity index is 1.47. The van der Waals surface area contributed by atoms with Crippen LogP contribution in [0.1, 0.15) is 0 Å². The average Bonchev–Trinajstić information content (AvgIpc) is 3.08. The first-order valence-electron chi connectivity index (χ1n) is 15.3. The summed E-state index contributed by atoms with van der Waals surface area (Å²) in [7, 11) is 0. The van der Waals surface area contributed by atoms with Crippen molar-refractivity contribution < 1.29 is 47.5 Å². The molecule has 2 aromatic rings. The zero-order valence-electron chi connectivity index (χ0n) is 26.4. The predicted octanol–water partition coefficient (Wildman–Crippen LogP) is -0.224. The molecule has 0 aliphatic rings. The van der Waals surface area contributed by atoms with Gasteiger partial charge in [0.25, 0.3) is 11.8 Å². The molecule has 8 N–H and O–H groups in total. The van der Waals surface area contributed by atoms with Crippen LogP contribution in [0.5, 0.6) is 0 Å². The Bertz CT molecular complexity index is 1000. The van der Waals surface area contributed by atoms with E-state index in [9.17, 15) is 9.59 Å². The summed E-state index contributed by atoms with van der Waals surface area (Å²) in [4.78, 5) is 21.8. The molecule has 2 rings (SSSR count). The van der Waals surface area contributed by atoms with Crippen molar-refractivity contribution in [2.24, 2.45) is 11.7 Å². The van der Waals surface area contributed by atoms with Gasteiger partial charge in [0.05, 0.1) is 92.5 Å². The van der Waals surface area contributed by atoms with E-state index in [1.165, 1.54) is 0 Å². The fraction of sp³-hybridized carbons (Fsp3) is 0.600. The topological polar surface area (TPSA) is 208 Å². The summed E-state index contributed by atoms with van der Waals surface area (Å²) in [5.74, 6) is 9.16. The maximum atomic E-state index is 10.9. The SMILES string of the molecule is NNC(=O)COCCOCCOCCOCCNc1cccc2c(NCCOCCOCCOCCOCC(=O)NN)cccc12. The van der Waals surface area contributed by atoms with E-state index in [2.05, 4.69) is 34.9 Å². The van der Waals surface area contributed by atoms with Crippen LogP contribution in [0.3, 0.4) is 0 Å². The molecule has 46 heavy (non-hydrogen) atoms.